The third kappa shape index (κ3) is 4.72. The largest absolute Gasteiger partial charge is 0.395 e. The highest BCUT2D eigenvalue weighted by Gasteiger charge is 2.20. The van der Waals surface area contributed by atoms with E-state index in [1.807, 2.05) is 11.8 Å². The number of aliphatic hydroxyl groups is 2. The number of aliphatic hydroxyl groups excluding tert-OH is 2. The first kappa shape index (κ1) is 13.8. The predicted octanol–water partition coefficient (Wildman–Crippen LogP) is 0.333. The van der Waals surface area contributed by atoms with Gasteiger partial charge in [-0.2, -0.15) is 11.8 Å². The van der Waals surface area contributed by atoms with Gasteiger partial charge in [0.25, 0.3) is 0 Å². The average Bonchev–Trinajstić information content (AvgIpc) is 2.30. The molecule has 2 N–H and O–H groups in total. The molecule has 0 aliphatic carbocycles. The van der Waals surface area contributed by atoms with Crippen molar-refractivity contribution in [3.05, 3.63) is 0 Å². The molecule has 0 spiro atoms. The van der Waals surface area contributed by atoms with E-state index in [0.29, 0.717) is 25.4 Å². The van der Waals surface area contributed by atoms with E-state index in [2.05, 4.69) is 0 Å². The summed E-state index contributed by atoms with van der Waals surface area (Å²) in [7, 11) is 0. The van der Waals surface area contributed by atoms with Crippen LogP contribution in [0.15, 0.2) is 0 Å². The molecule has 0 aromatic heterocycles. The normalized spacial score (nSPS) is 17.4. The van der Waals surface area contributed by atoms with Gasteiger partial charge in [-0.25, -0.2) is 0 Å². The van der Waals surface area contributed by atoms with E-state index in [1.54, 1.807) is 4.90 Å². The molecule has 1 rings (SSSR count). The monoisotopic (exact) mass is 247 g/mol. The summed E-state index contributed by atoms with van der Waals surface area (Å²) in [6.45, 7) is 0.597. The molecule has 1 aliphatic rings. The summed E-state index contributed by atoms with van der Waals surface area (Å²) in [5, 5.41) is 17.7. The van der Waals surface area contributed by atoms with Gasteiger partial charge in [-0.1, -0.05) is 0 Å². The second kappa shape index (κ2) is 7.92. The van der Waals surface area contributed by atoms with E-state index in [-0.39, 0.29) is 19.1 Å². The summed E-state index contributed by atoms with van der Waals surface area (Å²) in [4.78, 5) is 13.4. The molecule has 0 radical (unpaired) electrons. The van der Waals surface area contributed by atoms with Gasteiger partial charge in [0.05, 0.1) is 13.2 Å². The summed E-state index contributed by atoms with van der Waals surface area (Å²) >= 11 is 1.95. The van der Waals surface area contributed by atoms with Gasteiger partial charge < -0.3 is 15.1 Å². The zero-order chi connectivity index (χ0) is 11.8. The molecule has 0 bridgehead atoms. The Morgan fingerprint density at radius 3 is 2.25 bits per heavy atom. The Morgan fingerprint density at radius 1 is 1.19 bits per heavy atom. The first-order valence-electron chi connectivity index (χ1n) is 5.85. The molecule has 0 saturated carbocycles. The molecule has 1 fully saturated rings. The number of amides is 1. The quantitative estimate of drug-likeness (QED) is 0.710. The number of hydrogen-bond donors (Lipinski definition) is 2. The maximum absolute atomic E-state index is 11.9. The molecule has 0 aromatic rings. The summed E-state index contributed by atoms with van der Waals surface area (Å²) in [5.41, 5.74) is 0. The van der Waals surface area contributed by atoms with Crippen molar-refractivity contribution < 1.29 is 15.0 Å². The first-order valence-corrected chi connectivity index (χ1v) is 7.00. The fourth-order valence-corrected chi connectivity index (χ4v) is 3.13. The van der Waals surface area contributed by atoms with E-state index in [0.717, 1.165) is 24.3 Å². The van der Waals surface area contributed by atoms with Crippen molar-refractivity contribution in [2.24, 2.45) is 5.92 Å². The molecule has 5 heteroatoms. The van der Waals surface area contributed by atoms with E-state index >= 15 is 0 Å². The molecule has 1 amide bonds. The zero-order valence-corrected chi connectivity index (χ0v) is 10.4. The molecular formula is C11H21NO3S. The third-order valence-electron chi connectivity index (χ3n) is 2.90. The van der Waals surface area contributed by atoms with E-state index in [9.17, 15) is 4.79 Å². The van der Waals surface area contributed by atoms with E-state index in [1.165, 1.54) is 0 Å². The summed E-state index contributed by atoms with van der Waals surface area (Å²) in [6.07, 6.45) is 2.80. The Balaban J connectivity index is 2.34. The van der Waals surface area contributed by atoms with Crippen molar-refractivity contribution in [2.45, 2.75) is 19.3 Å². The van der Waals surface area contributed by atoms with Crippen LogP contribution in [-0.2, 0) is 4.79 Å². The van der Waals surface area contributed by atoms with Crippen LogP contribution in [0.5, 0.6) is 0 Å². The Bertz CT molecular complexity index is 201. The predicted molar refractivity (Wildman–Crippen MR) is 65.4 cm³/mol. The SMILES string of the molecule is O=C(CC1CCSCC1)N(CCO)CCO. The number of carbonyl (C=O) groups excluding carboxylic acids is 1. The van der Waals surface area contributed by atoms with Gasteiger partial charge >= 0.3 is 0 Å². The number of rotatable bonds is 6. The maximum atomic E-state index is 11.9. The van der Waals surface area contributed by atoms with Gasteiger partial charge in [0.15, 0.2) is 0 Å². The van der Waals surface area contributed by atoms with Crippen molar-refractivity contribution in [1.29, 1.82) is 0 Å². The van der Waals surface area contributed by atoms with Gasteiger partial charge in [-0.05, 0) is 30.3 Å². The molecular weight excluding hydrogens is 226 g/mol. The van der Waals surface area contributed by atoms with Crippen LogP contribution in [0.2, 0.25) is 0 Å². The van der Waals surface area contributed by atoms with Crippen LogP contribution in [0.1, 0.15) is 19.3 Å². The summed E-state index contributed by atoms with van der Waals surface area (Å²) in [5.74, 6) is 2.87. The second-order valence-corrected chi connectivity index (χ2v) is 5.31. The van der Waals surface area contributed by atoms with Gasteiger partial charge in [0.1, 0.15) is 0 Å². The van der Waals surface area contributed by atoms with Crippen molar-refractivity contribution in [3.63, 3.8) is 0 Å². The Morgan fingerprint density at radius 2 is 1.75 bits per heavy atom. The number of carbonyl (C=O) groups is 1. The lowest BCUT2D eigenvalue weighted by atomic mass is 9.98. The Hall–Kier alpha value is -0.260. The number of thioether (sulfide) groups is 1. The van der Waals surface area contributed by atoms with Crippen LogP contribution in [0, 0.1) is 5.92 Å². The molecule has 4 nitrogen and oxygen atoms in total. The fourth-order valence-electron chi connectivity index (χ4n) is 1.93. The molecule has 1 heterocycles. The molecule has 94 valence electrons. The molecule has 0 aromatic carbocycles. The van der Waals surface area contributed by atoms with E-state index in [4.69, 9.17) is 10.2 Å². The van der Waals surface area contributed by atoms with E-state index < -0.39 is 0 Å². The summed E-state index contributed by atoms with van der Waals surface area (Å²) < 4.78 is 0. The van der Waals surface area contributed by atoms with Crippen LogP contribution >= 0.6 is 11.8 Å². The molecule has 0 unspecified atom stereocenters. The fraction of sp³-hybridized carbons (Fsp3) is 0.909. The minimum atomic E-state index is -0.0355. The third-order valence-corrected chi connectivity index (χ3v) is 3.95. The summed E-state index contributed by atoms with van der Waals surface area (Å²) in [6, 6.07) is 0. The standard InChI is InChI=1S/C11H21NO3S/c13-5-3-12(4-6-14)11(15)9-10-1-7-16-8-2-10/h10,13-14H,1-9H2. The number of hydrogen-bond acceptors (Lipinski definition) is 4. The zero-order valence-electron chi connectivity index (χ0n) is 9.60. The van der Waals surface area contributed by atoms with Crippen molar-refractivity contribution in [1.82, 2.24) is 4.90 Å². The minimum absolute atomic E-state index is 0.0355. The van der Waals surface area contributed by atoms with Crippen LogP contribution in [0.25, 0.3) is 0 Å². The molecule has 0 atom stereocenters. The van der Waals surface area contributed by atoms with Crippen molar-refractivity contribution in [2.75, 3.05) is 37.8 Å². The maximum Gasteiger partial charge on any atom is 0.223 e. The van der Waals surface area contributed by atoms with Crippen LogP contribution < -0.4 is 0 Å². The Kier molecular flexibility index (Phi) is 6.84. The number of nitrogens with zero attached hydrogens (tertiary/aromatic N) is 1. The lowest BCUT2D eigenvalue weighted by Crippen LogP contribution is -2.37. The molecule has 1 aliphatic heterocycles. The Labute approximate surface area is 101 Å². The minimum Gasteiger partial charge on any atom is -0.395 e. The van der Waals surface area contributed by atoms with Crippen LogP contribution in [0.3, 0.4) is 0 Å². The highest BCUT2D eigenvalue weighted by molar-refractivity contribution is 7.99. The van der Waals surface area contributed by atoms with Gasteiger partial charge in [-0.15, -0.1) is 0 Å². The average molecular weight is 247 g/mol. The molecule has 1 saturated heterocycles. The van der Waals surface area contributed by atoms with Crippen LogP contribution in [0.4, 0.5) is 0 Å². The van der Waals surface area contributed by atoms with Gasteiger partial charge in [0.2, 0.25) is 5.91 Å². The first-order chi connectivity index (χ1) is 7.77. The molecule has 16 heavy (non-hydrogen) atoms. The van der Waals surface area contributed by atoms with Crippen molar-refractivity contribution in [3.8, 4) is 0 Å². The lowest BCUT2D eigenvalue weighted by molar-refractivity contribution is -0.133. The van der Waals surface area contributed by atoms with Crippen LogP contribution in [-0.4, -0.2) is 58.8 Å². The van der Waals surface area contributed by atoms with Crippen molar-refractivity contribution >= 4 is 17.7 Å². The lowest BCUT2D eigenvalue weighted by Gasteiger charge is -2.25. The second-order valence-electron chi connectivity index (χ2n) is 4.09. The van der Waals surface area contributed by atoms with Gasteiger partial charge in [-0.3, -0.25) is 4.79 Å². The van der Waals surface area contributed by atoms with Gasteiger partial charge in [0, 0.05) is 19.5 Å². The highest BCUT2D eigenvalue weighted by Crippen LogP contribution is 2.25. The smallest absolute Gasteiger partial charge is 0.223 e. The highest BCUT2D eigenvalue weighted by atomic mass is 32.2. The topological polar surface area (TPSA) is 60.8 Å².